The summed E-state index contributed by atoms with van der Waals surface area (Å²) in [5.74, 6) is 5.61. The first kappa shape index (κ1) is 15.9. The average molecular weight is 303 g/mol. The van der Waals surface area contributed by atoms with E-state index in [1.165, 1.54) is 19.3 Å². The molecule has 2 rings (SSSR count). The van der Waals surface area contributed by atoms with Crippen LogP contribution in [-0.2, 0) is 0 Å². The predicted octanol–water partition coefficient (Wildman–Crippen LogP) is 1.80. The Morgan fingerprint density at radius 1 is 1.48 bits per heavy atom. The fourth-order valence-corrected chi connectivity index (χ4v) is 3.52. The molecule has 1 aliphatic rings. The zero-order chi connectivity index (χ0) is 15.1. The summed E-state index contributed by atoms with van der Waals surface area (Å²) in [6.07, 6.45) is 10.00. The molecule has 3 N–H and O–H groups in total. The largest absolute Gasteiger partial charge is 0.348 e. The molecular weight excluding hydrogens is 282 g/mol. The fourth-order valence-electron chi connectivity index (χ4n) is 2.58. The molecule has 4 nitrogen and oxygen atoms in total. The standard InChI is InChI=1S/C16H21N3OS/c1-21-15-7-3-2-6-14(15)19-16(20)13-9-12(5-4-8-17)10-18-11-13/h9-11,14-15H,2-3,6-8,17H2,1H3,(H,19,20). The van der Waals surface area contributed by atoms with Crippen LogP contribution in [0.3, 0.4) is 0 Å². The summed E-state index contributed by atoms with van der Waals surface area (Å²) < 4.78 is 0. The molecule has 0 bridgehead atoms. The van der Waals surface area contributed by atoms with E-state index in [-0.39, 0.29) is 11.9 Å². The van der Waals surface area contributed by atoms with Crippen molar-refractivity contribution < 1.29 is 4.79 Å². The van der Waals surface area contributed by atoms with Crippen molar-refractivity contribution in [1.82, 2.24) is 10.3 Å². The van der Waals surface area contributed by atoms with Crippen molar-refractivity contribution in [2.75, 3.05) is 12.8 Å². The molecule has 2 unspecified atom stereocenters. The van der Waals surface area contributed by atoms with E-state index in [0.29, 0.717) is 17.4 Å². The van der Waals surface area contributed by atoms with Gasteiger partial charge in [-0.05, 0) is 25.2 Å². The van der Waals surface area contributed by atoms with Crippen molar-refractivity contribution in [1.29, 1.82) is 0 Å². The average Bonchev–Trinajstić information content (AvgIpc) is 2.53. The second-order valence-corrected chi connectivity index (χ2v) is 6.18. The van der Waals surface area contributed by atoms with Crippen molar-refractivity contribution in [3.05, 3.63) is 29.6 Å². The third-order valence-electron chi connectivity index (χ3n) is 3.66. The van der Waals surface area contributed by atoms with Gasteiger partial charge >= 0.3 is 0 Å². The lowest BCUT2D eigenvalue weighted by atomic mass is 9.94. The molecule has 0 aliphatic heterocycles. The maximum atomic E-state index is 12.4. The van der Waals surface area contributed by atoms with Crippen LogP contribution in [0.15, 0.2) is 18.5 Å². The lowest BCUT2D eigenvalue weighted by molar-refractivity contribution is 0.0929. The summed E-state index contributed by atoms with van der Waals surface area (Å²) >= 11 is 1.84. The number of hydrogen-bond donors (Lipinski definition) is 2. The van der Waals surface area contributed by atoms with Crippen molar-refractivity contribution >= 4 is 17.7 Å². The molecule has 0 spiro atoms. The smallest absolute Gasteiger partial charge is 0.253 e. The molecule has 1 amide bonds. The number of pyridine rings is 1. The fraction of sp³-hybridized carbons (Fsp3) is 0.500. The maximum absolute atomic E-state index is 12.4. The van der Waals surface area contributed by atoms with Gasteiger partial charge in [0, 0.05) is 29.2 Å². The number of carbonyl (C=O) groups is 1. The molecule has 112 valence electrons. The molecule has 0 radical (unpaired) electrons. The number of nitrogens with two attached hydrogens (primary N) is 1. The molecule has 1 aromatic rings. The molecular formula is C16H21N3OS. The summed E-state index contributed by atoms with van der Waals surface area (Å²) in [6, 6.07) is 2.02. The summed E-state index contributed by atoms with van der Waals surface area (Å²) in [7, 11) is 0. The number of nitrogens with one attached hydrogen (secondary N) is 1. The minimum Gasteiger partial charge on any atom is -0.348 e. The summed E-state index contributed by atoms with van der Waals surface area (Å²) in [5.41, 5.74) is 6.63. The Morgan fingerprint density at radius 2 is 2.29 bits per heavy atom. The molecule has 21 heavy (non-hydrogen) atoms. The van der Waals surface area contributed by atoms with Crippen LogP contribution in [0.1, 0.15) is 41.6 Å². The van der Waals surface area contributed by atoms with Gasteiger partial charge in [-0.3, -0.25) is 9.78 Å². The van der Waals surface area contributed by atoms with Crippen molar-refractivity contribution in [3.8, 4) is 11.8 Å². The van der Waals surface area contributed by atoms with E-state index in [0.717, 1.165) is 12.0 Å². The van der Waals surface area contributed by atoms with E-state index in [4.69, 9.17) is 5.73 Å². The summed E-state index contributed by atoms with van der Waals surface area (Å²) in [6.45, 7) is 0.300. The third kappa shape index (κ3) is 4.48. The quantitative estimate of drug-likeness (QED) is 0.836. The monoisotopic (exact) mass is 303 g/mol. The molecule has 2 atom stereocenters. The van der Waals surface area contributed by atoms with Gasteiger partial charge in [-0.25, -0.2) is 0 Å². The highest BCUT2D eigenvalue weighted by molar-refractivity contribution is 7.99. The number of nitrogens with zero attached hydrogens (tertiary/aromatic N) is 1. The van der Waals surface area contributed by atoms with Gasteiger partial charge in [0.05, 0.1) is 12.1 Å². The van der Waals surface area contributed by atoms with Crippen LogP contribution in [-0.4, -0.2) is 35.0 Å². The van der Waals surface area contributed by atoms with Gasteiger partial charge in [-0.15, -0.1) is 0 Å². The summed E-state index contributed by atoms with van der Waals surface area (Å²) in [4.78, 5) is 16.4. The molecule has 5 heteroatoms. The minimum atomic E-state index is -0.0650. The Bertz CT molecular complexity index is 550. The first-order valence-electron chi connectivity index (χ1n) is 7.22. The molecule has 0 saturated heterocycles. The first-order valence-corrected chi connectivity index (χ1v) is 8.51. The maximum Gasteiger partial charge on any atom is 0.253 e. The lowest BCUT2D eigenvalue weighted by Crippen LogP contribution is -2.43. The molecule has 0 aromatic carbocycles. The number of aromatic nitrogens is 1. The normalized spacial score (nSPS) is 21.2. The minimum absolute atomic E-state index is 0.0650. The topological polar surface area (TPSA) is 68.0 Å². The zero-order valence-corrected chi connectivity index (χ0v) is 13.1. The van der Waals surface area contributed by atoms with Gasteiger partial charge in [0.2, 0.25) is 0 Å². The third-order valence-corrected chi connectivity index (χ3v) is 4.83. The van der Waals surface area contributed by atoms with Crippen LogP contribution in [0.25, 0.3) is 0 Å². The lowest BCUT2D eigenvalue weighted by Gasteiger charge is -2.30. The van der Waals surface area contributed by atoms with E-state index in [1.807, 2.05) is 11.8 Å². The second kappa shape index (κ2) is 8.06. The van der Waals surface area contributed by atoms with Crippen LogP contribution in [0.4, 0.5) is 0 Å². The van der Waals surface area contributed by atoms with Crippen LogP contribution in [0, 0.1) is 11.8 Å². The van der Waals surface area contributed by atoms with Gasteiger partial charge in [0.25, 0.3) is 5.91 Å². The number of thioether (sulfide) groups is 1. The van der Waals surface area contributed by atoms with Gasteiger partial charge in [0.1, 0.15) is 0 Å². The first-order chi connectivity index (χ1) is 10.2. The van der Waals surface area contributed by atoms with Crippen LogP contribution in [0.2, 0.25) is 0 Å². The van der Waals surface area contributed by atoms with E-state index >= 15 is 0 Å². The van der Waals surface area contributed by atoms with E-state index in [9.17, 15) is 4.79 Å². The zero-order valence-electron chi connectivity index (χ0n) is 12.3. The van der Waals surface area contributed by atoms with Crippen LogP contribution < -0.4 is 11.1 Å². The number of rotatable bonds is 3. The van der Waals surface area contributed by atoms with Crippen molar-refractivity contribution in [2.45, 2.75) is 37.0 Å². The van der Waals surface area contributed by atoms with Gasteiger partial charge in [-0.2, -0.15) is 11.8 Å². The van der Waals surface area contributed by atoms with E-state index < -0.39 is 0 Å². The van der Waals surface area contributed by atoms with Crippen molar-refractivity contribution in [3.63, 3.8) is 0 Å². The Labute approximate surface area is 130 Å². The Hall–Kier alpha value is -1.51. The highest BCUT2D eigenvalue weighted by Crippen LogP contribution is 2.27. The van der Waals surface area contributed by atoms with Crippen molar-refractivity contribution in [2.24, 2.45) is 5.73 Å². The van der Waals surface area contributed by atoms with Gasteiger partial charge in [-0.1, -0.05) is 24.7 Å². The molecule has 1 aliphatic carbocycles. The van der Waals surface area contributed by atoms with E-state index in [1.54, 1.807) is 18.5 Å². The highest BCUT2D eigenvalue weighted by atomic mass is 32.2. The second-order valence-electron chi connectivity index (χ2n) is 5.11. The van der Waals surface area contributed by atoms with Crippen LogP contribution >= 0.6 is 11.8 Å². The van der Waals surface area contributed by atoms with Gasteiger partial charge in [0.15, 0.2) is 0 Å². The molecule has 1 aromatic heterocycles. The molecule has 1 heterocycles. The molecule has 1 fully saturated rings. The van der Waals surface area contributed by atoms with E-state index in [2.05, 4.69) is 28.4 Å². The Morgan fingerprint density at radius 3 is 3.05 bits per heavy atom. The summed E-state index contributed by atoms with van der Waals surface area (Å²) in [5, 5.41) is 3.66. The highest BCUT2D eigenvalue weighted by Gasteiger charge is 2.26. The Kier molecular flexibility index (Phi) is 6.09. The number of amides is 1. The number of carbonyl (C=O) groups excluding carboxylic acids is 1. The predicted molar refractivity (Wildman–Crippen MR) is 87.2 cm³/mol. The molecule has 1 saturated carbocycles. The Balaban J connectivity index is 2.05. The SMILES string of the molecule is CSC1CCCCC1NC(=O)c1cncc(C#CCN)c1. The van der Waals surface area contributed by atoms with Crippen LogP contribution in [0.5, 0.6) is 0 Å². The van der Waals surface area contributed by atoms with Gasteiger partial charge < -0.3 is 11.1 Å². The number of hydrogen-bond acceptors (Lipinski definition) is 4.